The lowest BCUT2D eigenvalue weighted by atomic mass is 9.89. The van der Waals surface area contributed by atoms with Gasteiger partial charge in [0.05, 0.1) is 11.4 Å². The van der Waals surface area contributed by atoms with Gasteiger partial charge in [-0.25, -0.2) is 0 Å². The zero-order valence-corrected chi connectivity index (χ0v) is 12.1. The summed E-state index contributed by atoms with van der Waals surface area (Å²) >= 11 is 6.08. The van der Waals surface area contributed by atoms with Crippen LogP contribution in [0.4, 0.5) is 11.4 Å². The molecule has 0 bridgehead atoms. The lowest BCUT2D eigenvalue weighted by Crippen LogP contribution is -2.19. The minimum atomic E-state index is 0.798. The van der Waals surface area contributed by atoms with Gasteiger partial charge >= 0.3 is 0 Å². The van der Waals surface area contributed by atoms with E-state index in [-0.39, 0.29) is 0 Å². The van der Waals surface area contributed by atoms with E-state index < -0.39 is 0 Å². The molecule has 0 spiro atoms. The molecular weight excluding hydrogens is 244 g/mol. The van der Waals surface area contributed by atoms with Crippen molar-refractivity contribution in [2.24, 2.45) is 5.92 Å². The van der Waals surface area contributed by atoms with E-state index in [1.54, 1.807) is 0 Å². The number of anilines is 2. The van der Waals surface area contributed by atoms with Crippen molar-refractivity contribution >= 4 is 23.0 Å². The summed E-state index contributed by atoms with van der Waals surface area (Å²) in [6.45, 7) is 1.07. The Morgan fingerprint density at radius 3 is 2.61 bits per heavy atom. The van der Waals surface area contributed by atoms with Crippen LogP contribution in [-0.4, -0.2) is 20.6 Å². The van der Waals surface area contributed by atoms with E-state index in [0.717, 1.165) is 23.2 Å². The van der Waals surface area contributed by atoms with Gasteiger partial charge in [-0.05, 0) is 37.0 Å². The van der Waals surface area contributed by atoms with Gasteiger partial charge in [-0.1, -0.05) is 30.9 Å². The molecule has 100 valence electrons. The lowest BCUT2D eigenvalue weighted by Gasteiger charge is -2.24. The molecule has 0 unspecified atom stereocenters. The summed E-state index contributed by atoms with van der Waals surface area (Å²) in [5, 5.41) is 4.38. The first-order valence-electron chi connectivity index (χ1n) is 6.87. The lowest BCUT2D eigenvalue weighted by molar-refractivity contribution is 0.373. The van der Waals surface area contributed by atoms with E-state index in [0.29, 0.717) is 0 Å². The summed E-state index contributed by atoms with van der Waals surface area (Å²) in [5.41, 5.74) is 2.35. The van der Waals surface area contributed by atoms with Crippen LogP contribution in [0.3, 0.4) is 0 Å². The fourth-order valence-electron chi connectivity index (χ4n) is 2.69. The average Bonchev–Trinajstić information content (AvgIpc) is 2.37. The zero-order chi connectivity index (χ0) is 13.0. The van der Waals surface area contributed by atoms with Crippen LogP contribution in [0, 0.1) is 5.92 Å². The molecule has 1 aliphatic rings. The average molecular weight is 267 g/mol. The first kappa shape index (κ1) is 13.5. The van der Waals surface area contributed by atoms with E-state index >= 15 is 0 Å². The van der Waals surface area contributed by atoms with Gasteiger partial charge in [0.1, 0.15) is 0 Å². The van der Waals surface area contributed by atoms with Gasteiger partial charge in [-0.3, -0.25) is 0 Å². The number of nitrogens with one attached hydrogen (secondary N) is 1. The second-order valence-corrected chi connectivity index (χ2v) is 5.88. The zero-order valence-electron chi connectivity index (χ0n) is 11.4. The van der Waals surface area contributed by atoms with Crippen LogP contribution < -0.4 is 10.2 Å². The first-order valence-corrected chi connectivity index (χ1v) is 7.25. The molecule has 2 nitrogen and oxygen atoms in total. The van der Waals surface area contributed by atoms with Crippen LogP contribution in [0.1, 0.15) is 32.1 Å². The summed E-state index contributed by atoms with van der Waals surface area (Å²) in [5.74, 6) is 0.827. The maximum Gasteiger partial charge on any atom is 0.0597 e. The molecule has 1 saturated carbocycles. The quantitative estimate of drug-likeness (QED) is 0.869. The highest BCUT2D eigenvalue weighted by Gasteiger charge is 2.14. The molecule has 1 N–H and O–H groups in total. The molecule has 0 aliphatic heterocycles. The van der Waals surface area contributed by atoms with E-state index in [9.17, 15) is 0 Å². The third kappa shape index (κ3) is 3.55. The minimum Gasteiger partial charge on any atom is -0.383 e. The van der Waals surface area contributed by atoms with Crippen molar-refractivity contribution in [1.29, 1.82) is 0 Å². The van der Waals surface area contributed by atoms with Crippen molar-refractivity contribution in [2.75, 3.05) is 30.9 Å². The van der Waals surface area contributed by atoms with Crippen LogP contribution in [0.25, 0.3) is 0 Å². The van der Waals surface area contributed by atoms with Gasteiger partial charge in [0, 0.05) is 25.7 Å². The Balaban J connectivity index is 2.00. The fourth-order valence-corrected chi connectivity index (χ4v) is 2.86. The van der Waals surface area contributed by atoms with Crippen LogP contribution in [-0.2, 0) is 0 Å². The Morgan fingerprint density at radius 1 is 1.22 bits per heavy atom. The molecule has 3 heteroatoms. The number of rotatable bonds is 4. The van der Waals surface area contributed by atoms with Gasteiger partial charge in [0.2, 0.25) is 0 Å². The molecule has 0 atom stereocenters. The molecule has 2 rings (SSSR count). The SMILES string of the molecule is CN(C)c1ccc(Cl)cc1NCC1CCCCC1. The third-order valence-electron chi connectivity index (χ3n) is 3.75. The Labute approximate surface area is 115 Å². The summed E-state index contributed by atoms with van der Waals surface area (Å²) < 4.78 is 0. The van der Waals surface area contributed by atoms with E-state index in [1.807, 2.05) is 12.1 Å². The molecule has 1 aliphatic carbocycles. The number of halogens is 1. The van der Waals surface area contributed by atoms with Crippen molar-refractivity contribution < 1.29 is 0 Å². The van der Waals surface area contributed by atoms with Crippen LogP contribution in [0.15, 0.2) is 18.2 Å². The molecule has 0 aromatic heterocycles. The molecule has 1 fully saturated rings. The third-order valence-corrected chi connectivity index (χ3v) is 3.98. The molecule has 1 aromatic rings. The van der Waals surface area contributed by atoms with Crippen molar-refractivity contribution in [3.8, 4) is 0 Å². The van der Waals surface area contributed by atoms with E-state index in [1.165, 1.54) is 37.8 Å². The van der Waals surface area contributed by atoms with Gasteiger partial charge < -0.3 is 10.2 Å². The molecule has 18 heavy (non-hydrogen) atoms. The number of benzene rings is 1. The van der Waals surface area contributed by atoms with Gasteiger partial charge in [0.25, 0.3) is 0 Å². The molecule has 0 heterocycles. The Bertz CT molecular complexity index is 384. The Morgan fingerprint density at radius 2 is 1.94 bits per heavy atom. The molecule has 0 saturated heterocycles. The predicted octanol–water partition coefficient (Wildman–Crippen LogP) is 4.40. The summed E-state index contributed by atoms with van der Waals surface area (Å²) in [4.78, 5) is 2.12. The van der Waals surface area contributed by atoms with Crippen molar-refractivity contribution in [2.45, 2.75) is 32.1 Å². The topological polar surface area (TPSA) is 15.3 Å². The number of hydrogen-bond donors (Lipinski definition) is 1. The fraction of sp³-hybridized carbons (Fsp3) is 0.600. The number of nitrogens with zero attached hydrogens (tertiary/aromatic N) is 1. The van der Waals surface area contributed by atoms with Gasteiger partial charge in [-0.2, -0.15) is 0 Å². The van der Waals surface area contributed by atoms with Crippen LogP contribution >= 0.6 is 11.6 Å². The van der Waals surface area contributed by atoms with Crippen LogP contribution in [0.2, 0.25) is 5.02 Å². The van der Waals surface area contributed by atoms with E-state index in [2.05, 4.69) is 30.4 Å². The smallest absolute Gasteiger partial charge is 0.0597 e. The summed E-state index contributed by atoms with van der Waals surface area (Å²) in [7, 11) is 4.13. The predicted molar refractivity (Wildman–Crippen MR) is 80.8 cm³/mol. The highest BCUT2D eigenvalue weighted by atomic mass is 35.5. The summed E-state index contributed by atoms with van der Waals surface area (Å²) in [6, 6.07) is 6.05. The van der Waals surface area contributed by atoms with Crippen molar-refractivity contribution in [3.63, 3.8) is 0 Å². The largest absolute Gasteiger partial charge is 0.383 e. The number of hydrogen-bond acceptors (Lipinski definition) is 2. The van der Waals surface area contributed by atoms with Crippen molar-refractivity contribution in [3.05, 3.63) is 23.2 Å². The molecule has 1 aromatic carbocycles. The second kappa shape index (κ2) is 6.33. The van der Waals surface area contributed by atoms with Crippen LogP contribution in [0.5, 0.6) is 0 Å². The maximum absolute atomic E-state index is 6.08. The monoisotopic (exact) mass is 266 g/mol. The molecule has 0 radical (unpaired) electrons. The normalized spacial score (nSPS) is 16.6. The van der Waals surface area contributed by atoms with E-state index in [4.69, 9.17) is 11.6 Å². The first-order chi connectivity index (χ1) is 8.66. The standard InChI is InChI=1S/C15H23ClN2/c1-18(2)15-9-8-13(16)10-14(15)17-11-12-6-4-3-5-7-12/h8-10,12,17H,3-7,11H2,1-2H3. The highest BCUT2D eigenvalue weighted by molar-refractivity contribution is 6.31. The minimum absolute atomic E-state index is 0.798. The maximum atomic E-state index is 6.08. The molecular formula is C15H23ClN2. The molecule has 0 amide bonds. The van der Waals surface area contributed by atoms with Crippen molar-refractivity contribution in [1.82, 2.24) is 0 Å². The van der Waals surface area contributed by atoms with Gasteiger partial charge in [0.15, 0.2) is 0 Å². The van der Waals surface area contributed by atoms with Gasteiger partial charge in [-0.15, -0.1) is 0 Å². The second-order valence-electron chi connectivity index (χ2n) is 5.44. The Kier molecular flexibility index (Phi) is 4.76. The highest BCUT2D eigenvalue weighted by Crippen LogP contribution is 2.29. The Hall–Kier alpha value is -0.890. The summed E-state index contributed by atoms with van der Waals surface area (Å²) in [6.07, 6.45) is 6.93.